The first-order chi connectivity index (χ1) is 14.1. The van der Waals surface area contributed by atoms with E-state index in [-0.39, 0.29) is 23.7 Å². The molecule has 1 saturated carbocycles. The number of ether oxygens (including phenoxy) is 2. The summed E-state index contributed by atoms with van der Waals surface area (Å²) in [5.41, 5.74) is 1.17. The molecule has 8 heteroatoms. The van der Waals surface area contributed by atoms with Gasteiger partial charge in [0.15, 0.2) is 0 Å². The molecule has 1 saturated heterocycles. The van der Waals surface area contributed by atoms with Crippen LogP contribution in [-0.2, 0) is 29.6 Å². The third-order valence-corrected chi connectivity index (χ3v) is 6.16. The van der Waals surface area contributed by atoms with Crippen LogP contribution < -0.4 is 5.32 Å². The van der Waals surface area contributed by atoms with Gasteiger partial charge in [0.2, 0.25) is 11.8 Å². The van der Waals surface area contributed by atoms with Crippen LogP contribution in [0.1, 0.15) is 18.9 Å². The van der Waals surface area contributed by atoms with Crippen LogP contribution >= 0.6 is 11.8 Å². The minimum absolute atomic E-state index is 0.0875. The molecule has 0 bridgehead atoms. The van der Waals surface area contributed by atoms with Crippen LogP contribution in [0.25, 0.3) is 0 Å². The number of nitrogens with zero attached hydrogens (tertiary/aromatic N) is 1. The van der Waals surface area contributed by atoms with Crippen LogP contribution in [0.4, 0.5) is 0 Å². The highest BCUT2D eigenvalue weighted by molar-refractivity contribution is 7.98. The molecule has 0 unspecified atom stereocenters. The molecule has 1 N–H and O–H groups in total. The Morgan fingerprint density at radius 2 is 1.93 bits per heavy atom. The topological polar surface area (TPSA) is 84.9 Å². The quantitative estimate of drug-likeness (QED) is 0.609. The zero-order chi connectivity index (χ0) is 20.6. The Kier molecular flexibility index (Phi) is 7.94. The summed E-state index contributed by atoms with van der Waals surface area (Å²) in [7, 11) is 0. The number of hydrogen-bond donors (Lipinski definition) is 1. The average molecular weight is 421 g/mol. The van der Waals surface area contributed by atoms with Crippen molar-refractivity contribution in [2.75, 3.05) is 38.7 Å². The Balaban J connectivity index is 1.57. The fourth-order valence-electron chi connectivity index (χ4n) is 3.32. The Hall–Kier alpha value is -2.06. The van der Waals surface area contributed by atoms with Crippen molar-refractivity contribution >= 4 is 29.5 Å². The van der Waals surface area contributed by atoms with Crippen LogP contribution in [0.2, 0.25) is 0 Å². The molecule has 2 amide bonds. The van der Waals surface area contributed by atoms with Crippen molar-refractivity contribution in [3.8, 4) is 0 Å². The van der Waals surface area contributed by atoms with Crippen molar-refractivity contribution in [2.45, 2.75) is 25.1 Å². The molecule has 1 heterocycles. The van der Waals surface area contributed by atoms with Crippen molar-refractivity contribution in [3.05, 3.63) is 35.9 Å². The van der Waals surface area contributed by atoms with Gasteiger partial charge in [-0.2, -0.15) is 11.8 Å². The number of carbonyl (C=O) groups excluding carboxylic acids is 3. The Morgan fingerprint density at radius 1 is 1.21 bits per heavy atom. The smallest absolute Gasteiger partial charge is 0.309 e. The van der Waals surface area contributed by atoms with E-state index in [9.17, 15) is 14.4 Å². The van der Waals surface area contributed by atoms with Crippen LogP contribution in [0, 0.1) is 11.8 Å². The van der Waals surface area contributed by atoms with Crippen molar-refractivity contribution in [1.82, 2.24) is 10.2 Å². The summed E-state index contributed by atoms with van der Waals surface area (Å²) in [6.07, 6.45) is 0.486. The summed E-state index contributed by atoms with van der Waals surface area (Å²) < 4.78 is 10.3. The van der Waals surface area contributed by atoms with Gasteiger partial charge in [0.1, 0.15) is 6.04 Å². The largest absolute Gasteiger partial charge is 0.466 e. The first kappa shape index (κ1) is 21.6. The first-order valence-corrected chi connectivity index (χ1v) is 11.2. The first-order valence-electron chi connectivity index (χ1n) is 10.1. The summed E-state index contributed by atoms with van der Waals surface area (Å²) in [6.45, 7) is 4.13. The molecule has 7 nitrogen and oxygen atoms in total. The Labute approximate surface area is 175 Å². The molecule has 1 aromatic carbocycles. The van der Waals surface area contributed by atoms with Crippen LogP contribution in [0.5, 0.6) is 0 Å². The highest BCUT2D eigenvalue weighted by Gasteiger charge is 2.49. The summed E-state index contributed by atoms with van der Waals surface area (Å²) in [4.78, 5) is 39.2. The van der Waals surface area contributed by atoms with E-state index >= 15 is 0 Å². The fourth-order valence-corrected chi connectivity index (χ4v) is 4.33. The van der Waals surface area contributed by atoms with Gasteiger partial charge in [0.05, 0.1) is 31.7 Å². The molecular formula is C21H28N2O5S. The predicted octanol–water partition coefficient (Wildman–Crippen LogP) is 1.46. The third kappa shape index (κ3) is 6.21. The van der Waals surface area contributed by atoms with E-state index in [0.29, 0.717) is 45.1 Å². The Bertz CT molecular complexity index is 708. The molecule has 1 aromatic rings. The van der Waals surface area contributed by atoms with Crippen molar-refractivity contribution in [3.63, 3.8) is 0 Å². The number of thioether (sulfide) groups is 1. The lowest BCUT2D eigenvalue weighted by Gasteiger charge is -2.30. The maximum atomic E-state index is 13.0. The summed E-state index contributed by atoms with van der Waals surface area (Å²) >= 11 is 1.61. The van der Waals surface area contributed by atoms with Crippen molar-refractivity contribution in [2.24, 2.45) is 11.8 Å². The van der Waals surface area contributed by atoms with Crippen LogP contribution in [-0.4, -0.2) is 67.4 Å². The number of rotatable bonds is 9. The molecule has 158 valence electrons. The van der Waals surface area contributed by atoms with Gasteiger partial charge < -0.3 is 19.7 Å². The second kappa shape index (κ2) is 10.6. The molecular weight excluding hydrogens is 392 g/mol. The number of nitrogens with one attached hydrogen (secondary N) is 1. The number of carbonyl (C=O) groups is 3. The normalized spacial score (nSPS) is 21.9. The van der Waals surface area contributed by atoms with Crippen LogP contribution in [0.3, 0.4) is 0 Å². The molecule has 1 aliphatic carbocycles. The minimum atomic E-state index is -0.613. The Morgan fingerprint density at radius 3 is 2.62 bits per heavy atom. The number of morpholine rings is 1. The number of amides is 2. The molecule has 2 fully saturated rings. The molecule has 0 radical (unpaired) electrons. The van der Waals surface area contributed by atoms with Gasteiger partial charge in [0, 0.05) is 24.6 Å². The molecule has 29 heavy (non-hydrogen) atoms. The second-order valence-corrected chi connectivity index (χ2v) is 8.23. The zero-order valence-electron chi connectivity index (χ0n) is 16.7. The van der Waals surface area contributed by atoms with E-state index in [4.69, 9.17) is 9.47 Å². The van der Waals surface area contributed by atoms with Crippen molar-refractivity contribution < 1.29 is 23.9 Å². The van der Waals surface area contributed by atoms with Gasteiger partial charge in [-0.05, 0) is 18.9 Å². The summed E-state index contributed by atoms with van der Waals surface area (Å²) in [5, 5.41) is 2.89. The van der Waals surface area contributed by atoms with E-state index < -0.39 is 12.0 Å². The van der Waals surface area contributed by atoms with E-state index in [2.05, 4.69) is 5.32 Å². The monoisotopic (exact) mass is 420 g/mol. The maximum absolute atomic E-state index is 13.0. The van der Waals surface area contributed by atoms with Gasteiger partial charge >= 0.3 is 5.97 Å². The summed E-state index contributed by atoms with van der Waals surface area (Å²) in [5.74, 6) is -0.196. The van der Waals surface area contributed by atoms with E-state index in [1.54, 1.807) is 23.6 Å². The molecule has 3 atom stereocenters. The van der Waals surface area contributed by atoms with Gasteiger partial charge in [-0.25, -0.2) is 0 Å². The molecule has 3 rings (SSSR count). The van der Waals surface area contributed by atoms with Crippen molar-refractivity contribution in [1.29, 1.82) is 0 Å². The lowest BCUT2D eigenvalue weighted by molar-refractivity contribution is -0.146. The minimum Gasteiger partial charge on any atom is -0.466 e. The maximum Gasteiger partial charge on any atom is 0.309 e. The number of hydrogen-bond acceptors (Lipinski definition) is 6. The molecule has 0 aromatic heterocycles. The average Bonchev–Trinajstić information content (AvgIpc) is 3.55. The van der Waals surface area contributed by atoms with Crippen LogP contribution in [0.15, 0.2) is 30.3 Å². The molecule has 2 aliphatic rings. The lowest BCUT2D eigenvalue weighted by atomic mass is 10.2. The van der Waals surface area contributed by atoms with Gasteiger partial charge in [-0.15, -0.1) is 0 Å². The standard InChI is InChI=1S/C21H28N2O5S/c1-2-28-21(26)17-12-16(17)19(24)22-18(20(25)23-8-10-27-11-9-23)14-29-13-15-6-4-3-5-7-15/h3-7,16-18H,2,8-14H2,1H3,(H,22,24)/t16-,17-,18-/m0/s1. The fraction of sp³-hybridized carbons (Fsp3) is 0.571. The highest BCUT2D eigenvalue weighted by atomic mass is 32.2. The third-order valence-electron chi connectivity index (χ3n) is 5.05. The number of esters is 1. The van der Waals surface area contributed by atoms with E-state index in [1.165, 1.54) is 5.56 Å². The summed E-state index contributed by atoms with van der Waals surface area (Å²) in [6, 6.07) is 9.40. The van der Waals surface area contributed by atoms with E-state index in [0.717, 1.165) is 5.75 Å². The van der Waals surface area contributed by atoms with Gasteiger partial charge in [0.25, 0.3) is 0 Å². The van der Waals surface area contributed by atoms with Gasteiger partial charge in [-0.1, -0.05) is 30.3 Å². The number of benzene rings is 1. The molecule has 0 spiro atoms. The highest BCUT2D eigenvalue weighted by Crippen LogP contribution is 2.39. The second-order valence-electron chi connectivity index (χ2n) is 7.20. The zero-order valence-corrected chi connectivity index (χ0v) is 17.5. The SMILES string of the molecule is CCOC(=O)[C@H]1C[C@@H]1C(=O)N[C@@H](CSCc1ccccc1)C(=O)N1CCOCC1. The lowest BCUT2D eigenvalue weighted by Crippen LogP contribution is -2.53. The molecule has 1 aliphatic heterocycles. The van der Waals surface area contributed by atoms with Gasteiger partial charge in [-0.3, -0.25) is 14.4 Å². The van der Waals surface area contributed by atoms with E-state index in [1.807, 2.05) is 30.3 Å². The predicted molar refractivity (Wildman–Crippen MR) is 110 cm³/mol.